The van der Waals surface area contributed by atoms with E-state index in [0.717, 1.165) is 32.2 Å². The summed E-state index contributed by atoms with van der Waals surface area (Å²) in [5, 5.41) is 9.32. The van der Waals surface area contributed by atoms with Gasteiger partial charge >= 0.3 is 5.97 Å². The Morgan fingerprint density at radius 3 is 2.81 bits per heavy atom. The maximum absolute atomic E-state index is 11.8. The third-order valence-electron chi connectivity index (χ3n) is 3.23. The molecule has 94 valence electrons. The Morgan fingerprint density at radius 2 is 2.25 bits per heavy atom. The van der Waals surface area contributed by atoms with Crippen LogP contribution in [0.1, 0.15) is 39.5 Å². The van der Waals surface area contributed by atoms with Gasteiger partial charge in [-0.15, -0.1) is 0 Å². The molecule has 1 rings (SSSR count). The molecule has 0 amide bonds. The maximum Gasteiger partial charge on any atom is 0.323 e. The lowest BCUT2D eigenvalue weighted by Crippen LogP contribution is -2.51. The van der Waals surface area contributed by atoms with Gasteiger partial charge in [-0.25, -0.2) is 0 Å². The number of rotatable bonds is 5. The SMILES string of the molecule is CCOC(=O)C(CC)N1CCCCC1CO. The molecule has 0 aromatic carbocycles. The minimum atomic E-state index is -0.183. The third kappa shape index (κ3) is 3.19. The maximum atomic E-state index is 11.8. The van der Waals surface area contributed by atoms with Crippen molar-refractivity contribution in [3.63, 3.8) is 0 Å². The van der Waals surface area contributed by atoms with E-state index in [1.54, 1.807) is 0 Å². The first-order valence-corrected chi connectivity index (χ1v) is 6.27. The van der Waals surface area contributed by atoms with E-state index in [9.17, 15) is 9.90 Å². The van der Waals surface area contributed by atoms with Crippen LogP contribution in [0.2, 0.25) is 0 Å². The number of carbonyl (C=O) groups is 1. The van der Waals surface area contributed by atoms with E-state index in [0.29, 0.717) is 6.61 Å². The zero-order valence-electron chi connectivity index (χ0n) is 10.3. The summed E-state index contributed by atoms with van der Waals surface area (Å²) in [4.78, 5) is 13.9. The summed E-state index contributed by atoms with van der Waals surface area (Å²) in [5.74, 6) is -0.148. The summed E-state index contributed by atoms with van der Waals surface area (Å²) in [6, 6.07) is -0.0551. The first kappa shape index (κ1) is 13.5. The monoisotopic (exact) mass is 229 g/mol. The highest BCUT2D eigenvalue weighted by molar-refractivity contribution is 5.75. The standard InChI is InChI=1S/C12H23NO3/c1-3-11(12(15)16-4-2)13-8-6-5-7-10(13)9-14/h10-11,14H,3-9H2,1-2H3. The Bertz CT molecular complexity index is 220. The van der Waals surface area contributed by atoms with Crippen LogP contribution in [0.25, 0.3) is 0 Å². The molecule has 16 heavy (non-hydrogen) atoms. The number of hydrogen-bond acceptors (Lipinski definition) is 4. The summed E-state index contributed by atoms with van der Waals surface area (Å²) in [6.45, 7) is 5.26. The molecule has 1 aliphatic heterocycles. The number of esters is 1. The van der Waals surface area contributed by atoms with Crippen molar-refractivity contribution < 1.29 is 14.6 Å². The van der Waals surface area contributed by atoms with Gasteiger partial charge in [-0.3, -0.25) is 9.69 Å². The number of ether oxygens (including phenoxy) is 1. The van der Waals surface area contributed by atoms with E-state index in [2.05, 4.69) is 4.90 Å². The van der Waals surface area contributed by atoms with Gasteiger partial charge in [0.1, 0.15) is 6.04 Å². The Morgan fingerprint density at radius 1 is 1.50 bits per heavy atom. The largest absolute Gasteiger partial charge is 0.465 e. The van der Waals surface area contributed by atoms with Gasteiger partial charge < -0.3 is 9.84 Å². The average molecular weight is 229 g/mol. The molecule has 0 spiro atoms. The smallest absolute Gasteiger partial charge is 0.323 e. The van der Waals surface area contributed by atoms with Crippen molar-refractivity contribution in [2.24, 2.45) is 0 Å². The number of aliphatic hydroxyl groups is 1. The topological polar surface area (TPSA) is 49.8 Å². The van der Waals surface area contributed by atoms with Gasteiger partial charge in [0.2, 0.25) is 0 Å². The summed E-state index contributed by atoms with van der Waals surface area (Å²) < 4.78 is 5.08. The first-order valence-electron chi connectivity index (χ1n) is 6.27. The third-order valence-corrected chi connectivity index (χ3v) is 3.23. The predicted molar refractivity (Wildman–Crippen MR) is 62.1 cm³/mol. The number of hydrogen-bond donors (Lipinski definition) is 1. The lowest BCUT2D eigenvalue weighted by molar-refractivity contribution is -0.151. The van der Waals surface area contributed by atoms with Crippen molar-refractivity contribution >= 4 is 5.97 Å². The fourth-order valence-corrected chi connectivity index (χ4v) is 2.40. The molecule has 0 radical (unpaired) electrons. The van der Waals surface area contributed by atoms with Crippen LogP contribution in [0.5, 0.6) is 0 Å². The Kier molecular flexibility index (Phi) is 5.77. The van der Waals surface area contributed by atoms with Crippen molar-refractivity contribution in [1.29, 1.82) is 0 Å². The number of piperidine rings is 1. The van der Waals surface area contributed by atoms with Crippen LogP contribution in [0, 0.1) is 0 Å². The highest BCUT2D eigenvalue weighted by Gasteiger charge is 2.32. The van der Waals surface area contributed by atoms with Crippen LogP contribution >= 0.6 is 0 Å². The molecule has 0 aliphatic carbocycles. The molecule has 0 aromatic rings. The normalized spacial score (nSPS) is 24.1. The molecule has 1 fully saturated rings. The van der Waals surface area contributed by atoms with Gasteiger partial charge in [0.25, 0.3) is 0 Å². The molecular weight excluding hydrogens is 206 g/mol. The number of carbonyl (C=O) groups excluding carboxylic acids is 1. The van der Waals surface area contributed by atoms with Gasteiger partial charge in [-0.1, -0.05) is 13.3 Å². The van der Waals surface area contributed by atoms with Gasteiger partial charge in [-0.05, 0) is 32.7 Å². The highest BCUT2D eigenvalue weighted by atomic mass is 16.5. The number of aliphatic hydroxyl groups excluding tert-OH is 1. The summed E-state index contributed by atoms with van der Waals surface area (Å²) in [6.07, 6.45) is 3.97. The van der Waals surface area contributed by atoms with Crippen molar-refractivity contribution in [2.75, 3.05) is 19.8 Å². The van der Waals surface area contributed by atoms with Gasteiger partial charge in [0, 0.05) is 6.04 Å². The molecule has 2 unspecified atom stereocenters. The number of likely N-dealkylation sites (tertiary alicyclic amines) is 1. The van der Waals surface area contributed by atoms with Gasteiger partial charge in [0.05, 0.1) is 13.2 Å². The Balaban J connectivity index is 2.65. The van der Waals surface area contributed by atoms with Gasteiger partial charge in [0.15, 0.2) is 0 Å². The lowest BCUT2D eigenvalue weighted by atomic mass is 9.99. The lowest BCUT2D eigenvalue weighted by Gasteiger charge is -2.38. The Labute approximate surface area is 97.6 Å². The van der Waals surface area contributed by atoms with Crippen LogP contribution in [-0.4, -0.2) is 47.8 Å². The van der Waals surface area contributed by atoms with Crippen LogP contribution in [0.4, 0.5) is 0 Å². The summed E-state index contributed by atoms with van der Waals surface area (Å²) in [5.41, 5.74) is 0. The van der Waals surface area contributed by atoms with Crippen molar-refractivity contribution in [3.8, 4) is 0 Å². The molecule has 4 heteroatoms. The minimum Gasteiger partial charge on any atom is -0.465 e. The van der Waals surface area contributed by atoms with Crippen molar-refractivity contribution in [3.05, 3.63) is 0 Å². The molecule has 1 heterocycles. The summed E-state index contributed by atoms with van der Waals surface area (Å²) in [7, 11) is 0. The fourth-order valence-electron chi connectivity index (χ4n) is 2.40. The molecule has 4 nitrogen and oxygen atoms in total. The zero-order valence-corrected chi connectivity index (χ0v) is 10.3. The van der Waals surface area contributed by atoms with Crippen molar-refractivity contribution in [1.82, 2.24) is 4.90 Å². The van der Waals surface area contributed by atoms with E-state index in [-0.39, 0.29) is 24.7 Å². The van der Waals surface area contributed by atoms with Crippen molar-refractivity contribution in [2.45, 2.75) is 51.6 Å². The Hall–Kier alpha value is -0.610. The molecular formula is C12H23NO3. The minimum absolute atomic E-state index is 0.128. The van der Waals surface area contributed by atoms with E-state index in [1.165, 1.54) is 0 Å². The van der Waals surface area contributed by atoms with Crippen LogP contribution in [0.15, 0.2) is 0 Å². The molecule has 1 N–H and O–H groups in total. The quantitative estimate of drug-likeness (QED) is 0.719. The second-order valence-electron chi connectivity index (χ2n) is 4.25. The van der Waals surface area contributed by atoms with Gasteiger partial charge in [-0.2, -0.15) is 0 Å². The molecule has 1 aliphatic rings. The van der Waals surface area contributed by atoms with Crippen LogP contribution < -0.4 is 0 Å². The second kappa shape index (κ2) is 6.86. The zero-order chi connectivity index (χ0) is 12.0. The van der Waals surface area contributed by atoms with E-state index < -0.39 is 0 Å². The second-order valence-corrected chi connectivity index (χ2v) is 4.25. The molecule has 2 atom stereocenters. The molecule has 1 saturated heterocycles. The van der Waals surface area contributed by atoms with Crippen LogP contribution in [-0.2, 0) is 9.53 Å². The van der Waals surface area contributed by atoms with Crippen LogP contribution in [0.3, 0.4) is 0 Å². The molecule has 0 saturated carbocycles. The first-order chi connectivity index (χ1) is 7.74. The number of nitrogens with zero attached hydrogens (tertiary/aromatic N) is 1. The fraction of sp³-hybridized carbons (Fsp3) is 0.917. The summed E-state index contributed by atoms with van der Waals surface area (Å²) >= 11 is 0. The highest BCUT2D eigenvalue weighted by Crippen LogP contribution is 2.21. The predicted octanol–water partition coefficient (Wildman–Crippen LogP) is 1.17. The van der Waals surface area contributed by atoms with E-state index >= 15 is 0 Å². The average Bonchev–Trinajstić information content (AvgIpc) is 2.31. The van der Waals surface area contributed by atoms with E-state index in [4.69, 9.17) is 4.74 Å². The molecule has 0 bridgehead atoms. The molecule has 0 aromatic heterocycles. The van der Waals surface area contributed by atoms with E-state index in [1.807, 2.05) is 13.8 Å².